The minimum absolute atomic E-state index is 0.0156. The summed E-state index contributed by atoms with van der Waals surface area (Å²) in [5, 5.41) is 3.94. The third-order valence-electron chi connectivity index (χ3n) is 4.26. The number of thiazole rings is 1. The number of hydrogen-bond acceptors (Lipinski definition) is 5. The van der Waals surface area contributed by atoms with Crippen molar-refractivity contribution in [3.63, 3.8) is 0 Å². The van der Waals surface area contributed by atoms with Gasteiger partial charge in [-0.1, -0.05) is 6.07 Å². The number of likely N-dealkylation sites (N-methyl/N-ethyl adjacent to an activating group) is 1. The van der Waals surface area contributed by atoms with Crippen LogP contribution in [0.25, 0.3) is 20.8 Å². The molecule has 3 aromatic rings. The molecule has 0 saturated carbocycles. The molecule has 0 spiro atoms. The van der Waals surface area contributed by atoms with Gasteiger partial charge >= 0.3 is 0 Å². The number of amides is 1. The zero-order valence-corrected chi connectivity index (χ0v) is 16.8. The van der Waals surface area contributed by atoms with Gasteiger partial charge in [0.2, 0.25) is 5.91 Å². The third kappa shape index (κ3) is 5.35. The van der Waals surface area contributed by atoms with Gasteiger partial charge in [-0.3, -0.25) is 9.69 Å². The highest BCUT2D eigenvalue weighted by molar-refractivity contribution is 7.21. The number of nitrogens with zero attached hydrogens (tertiary/aromatic N) is 2. The van der Waals surface area contributed by atoms with Crippen LogP contribution in [0, 0.1) is 6.92 Å². The number of methoxy groups -OCH3 is 1. The van der Waals surface area contributed by atoms with Crippen LogP contribution in [0.3, 0.4) is 0 Å². The third-order valence-corrected chi connectivity index (χ3v) is 5.33. The molecule has 27 heavy (non-hydrogen) atoms. The van der Waals surface area contributed by atoms with Gasteiger partial charge in [-0.15, -0.1) is 11.3 Å². The molecule has 2 aromatic carbocycles. The molecule has 1 amide bonds. The van der Waals surface area contributed by atoms with E-state index in [0.717, 1.165) is 34.7 Å². The maximum absolute atomic E-state index is 12.2. The molecule has 0 radical (unpaired) electrons. The van der Waals surface area contributed by atoms with Crippen LogP contribution in [-0.2, 0) is 9.53 Å². The van der Waals surface area contributed by atoms with Gasteiger partial charge in [-0.25, -0.2) is 4.98 Å². The number of hydrogen-bond donors (Lipinski definition) is 1. The minimum atomic E-state index is -0.0156. The molecular weight excluding hydrogens is 358 g/mol. The summed E-state index contributed by atoms with van der Waals surface area (Å²) in [5.41, 5.74) is 4.12. The van der Waals surface area contributed by atoms with Crippen molar-refractivity contribution in [2.24, 2.45) is 0 Å². The second kappa shape index (κ2) is 9.08. The summed E-state index contributed by atoms with van der Waals surface area (Å²) in [4.78, 5) is 18.9. The normalized spacial score (nSPS) is 11.3. The highest BCUT2D eigenvalue weighted by Crippen LogP contribution is 2.31. The van der Waals surface area contributed by atoms with E-state index in [1.165, 1.54) is 10.3 Å². The topological polar surface area (TPSA) is 54.5 Å². The molecule has 0 aliphatic carbocycles. The maximum atomic E-state index is 12.2. The Morgan fingerprint density at radius 2 is 2.00 bits per heavy atom. The Kier molecular flexibility index (Phi) is 6.55. The zero-order valence-electron chi connectivity index (χ0n) is 16.0. The van der Waals surface area contributed by atoms with Gasteiger partial charge in [-0.05, 0) is 62.4 Å². The minimum Gasteiger partial charge on any atom is -0.385 e. The highest BCUT2D eigenvalue weighted by atomic mass is 32.1. The first-order valence-corrected chi connectivity index (χ1v) is 9.82. The monoisotopic (exact) mass is 383 g/mol. The Bertz CT molecular complexity index is 905. The van der Waals surface area contributed by atoms with E-state index < -0.39 is 0 Å². The van der Waals surface area contributed by atoms with Crippen molar-refractivity contribution in [3.8, 4) is 10.6 Å². The molecule has 5 nitrogen and oxygen atoms in total. The van der Waals surface area contributed by atoms with E-state index in [2.05, 4.69) is 30.4 Å². The maximum Gasteiger partial charge on any atom is 0.238 e. The van der Waals surface area contributed by atoms with Gasteiger partial charge < -0.3 is 10.1 Å². The van der Waals surface area contributed by atoms with Crippen LogP contribution in [0.15, 0.2) is 42.5 Å². The molecule has 1 aromatic heterocycles. The molecule has 6 heteroatoms. The molecule has 3 rings (SSSR count). The van der Waals surface area contributed by atoms with E-state index in [0.29, 0.717) is 13.2 Å². The van der Waals surface area contributed by atoms with Crippen molar-refractivity contribution in [2.45, 2.75) is 13.3 Å². The van der Waals surface area contributed by atoms with E-state index in [1.54, 1.807) is 18.4 Å². The number of ether oxygens (including phenoxy) is 1. The molecule has 0 aliphatic heterocycles. The van der Waals surface area contributed by atoms with E-state index in [4.69, 9.17) is 9.72 Å². The average Bonchev–Trinajstić information content (AvgIpc) is 3.05. The largest absolute Gasteiger partial charge is 0.385 e. The fourth-order valence-corrected chi connectivity index (χ4v) is 3.92. The lowest BCUT2D eigenvalue weighted by atomic mass is 10.2. The van der Waals surface area contributed by atoms with Gasteiger partial charge in [0.15, 0.2) is 0 Å². The predicted molar refractivity (Wildman–Crippen MR) is 112 cm³/mol. The van der Waals surface area contributed by atoms with Crippen LogP contribution in [0.5, 0.6) is 0 Å². The number of carbonyl (C=O) groups excluding carboxylic acids is 1. The summed E-state index contributed by atoms with van der Waals surface area (Å²) in [6.07, 6.45) is 0.913. The Morgan fingerprint density at radius 3 is 2.74 bits per heavy atom. The van der Waals surface area contributed by atoms with Gasteiger partial charge in [-0.2, -0.15) is 0 Å². The molecule has 0 bridgehead atoms. The highest BCUT2D eigenvalue weighted by Gasteiger charge is 2.09. The summed E-state index contributed by atoms with van der Waals surface area (Å²) >= 11 is 1.69. The van der Waals surface area contributed by atoms with Crippen LogP contribution >= 0.6 is 11.3 Å². The van der Waals surface area contributed by atoms with Crippen molar-refractivity contribution in [3.05, 3.63) is 48.0 Å². The van der Waals surface area contributed by atoms with Crippen LogP contribution < -0.4 is 5.32 Å². The second-order valence-corrected chi connectivity index (χ2v) is 7.73. The number of fused-ring (bicyclic) bond motifs is 1. The second-order valence-electron chi connectivity index (χ2n) is 6.70. The van der Waals surface area contributed by atoms with Gasteiger partial charge in [0.1, 0.15) is 5.01 Å². The van der Waals surface area contributed by atoms with Crippen molar-refractivity contribution in [1.29, 1.82) is 0 Å². The SMILES string of the molecule is COCCCN(C)CC(=O)Nc1ccc(-c2nc3ccc(C)cc3s2)cc1. The first-order valence-electron chi connectivity index (χ1n) is 9.00. The fraction of sp³-hybridized carbons (Fsp3) is 0.333. The number of rotatable bonds is 8. The molecule has 0 fully saturated rings. The lowest BCUT2D eigenvalue weighted by Gasteiger charge is -2.16. The number of aryl methyl sites for hydroxylation is 1. The Morgan fingerprint density at radius 1 is 1.22 bits per heavy atom. The van der Waals surface area contributed by atoms with Crippen molar-refractivity contribution in [2.75, 3.05) is 39.2 Å². The number of benzene rings is 2. The van der Waals surface area contributed by atoms with Gasteiger partial charge in [0, 0.05) is 31.5 Å². The quantitative estimate of drug-likeness (QED) is 0.593. The van der Waals surface area contributed by atoms with Crippen LogP contribution in [-0.4, -0.2) is 49.6 Å². The molecule has 0 unspecified atom stereocenters. The van der Waals surface area contributed by atoms with Crippen molar-refractivity contribution >= 4 is 33.1 Å². The fourth-order valence-electron chi connectivity index (χ4n) is 2.85. The summed E-state index contributed by atoms with van der Waals surface area (Å²) in [6.45, 7) is 3.99. The molecular formula is C21H25N3O2S. The van der Waals surface area contributed by atoms with E-state index in [-0.39, 0.29) is 5.91 Å². The zero-order chi connectivity index (χ0) is 19.2. The summed E-state index contributed by atoms with van der Waals surface area (Å²) in [6, 6.07) is 14.2. The summed E-state index contributed by atoms with van der Waals surface area (Å²) < 4.78 is 6.23. The number of nitrogens with one attached hydrogen (secondary N) is 1. The van der Waals surface area contributed by atoms with Gasteiger partial charge in [0.25, 0.3) is 0 Å². The smallest absolute Gasteiger partial charge is 0.238 e. The lowest BCUT2D eigenvalue weighted by molar-refractivity contribution is -0.117. The van der Waals surface area contributed by atoms with Crippen molar-refractivity contribution < 1.29 is 9.53 Å². The number of aromatic nitrogens is 1. The Balaban J connectivity index is 1.60. The molecule has 1 heterocycles. The predicted octanol–water partition coefficient (Wildman–Crippen LogP) is 4.18. The van der Waals surface area contributed by atoms with Crippen LogP contribution in [0.2, 0.25) is 0 Å². The first-order chi connectivity index (χ1) is 13.0. The molecule has 1 N–H and O–H groups in total. The molecule has 142 valence electrons. The molecule has 0 saturated heterocycles. The van der Waals surface area contributed by atoms with Crippen LogP contribution in [0.4, 0.5) is 5.69 Å². The van der Waals surface area contributed by atoms with Crippen LogP contribution in [0.1, 0.15) is 12.0 Å². The summed E-state index contributed by atoms with van der Waals surface area (Å²) in [5.74, 6) is -0.0156. The molecule has 0 aliphatic rings. The number of carbonyl (C=O) groups is 1. The molecule has 0 atom stereocenters. The Hall–Kier alpha value is -2.28. The van der Waals surface area contributed by atoms with Crippen molar-refractivity contribution in [1.82, 2.24) is 9.88 Å². The Labute approximate surface area is 164 Å². The first kappa shape index (κ1) is 19.5. The average molecular weight is 384 g/mol. The van der Waals surface area contributed by atoms with E-state index >= 15 is 0 Å². The standard InChI is InChI=1S/C21H25N3O2S/c1-15-5-10-18-19(13-15)27-21(23-18)16-6-8-17(9-7-16)22-20(25)14-24(2)11-4-12-26-3/h5-10,13H,4,11-12,14H2,1-3H3,(H,22,25). The van der Waals surface area contributed by atoms with E-state index in [9.17, 15) is 4.79 Å². The van der Waals surface area contributed by atoms with E-state index in [1.807, 2.05) is 36.2 Å². The van der Waals surface area contributed by atoms with Gasteiger partial charge in [0.05, 0.1) is 16.8 Å². The lowest BCUT2D eigenvalue weighted by Crippen LogP contribution is -2.31. The summed E-state index contributed by atoms with van der Waals surface area (Å²) in [7, 11) is 3.62. The number of anilines is 1.